The van der Waals surface area contributed by atoms with Crippen molar-refractivity contribution < 1.29 is 4.79 Å². The van der Waals surface area contributed by atoms with Gasteiger partial charge < -0.3 is 15.4 Å². The second kappa shape index (κ2) is 6.01. The number of fused-ring (bicyclic) bond motifs is 2. The third kappa shape index (κ3) is 2.58. The van der Waals surface area contributed by atoms with E-state index in [0.29, 0.717) is 11.8 Å². The molecular formula is C19H20N8O. The van der Waals surface area contributed by atoms with Gasteiger partial charge in [0, 0.05) is 42.7 Å². The largest absolute Gasteiger partial charge is 0.371 e. The Morgan fingerprint density at radius 3 is 2.82 bits per heavy atom. The fourth-order valence-corrected chi connectivity index (χ4v) is 3.87. The molecule has 1 aliphatic rings. The Morgan fingerprint density at radius 2 is 2.04 bits per heavy atom. The zero-order chi connectivity index (χ0) is 19.3. The van der Waals surface area contributed by atoms with Gasteiger partial charge in [-0.1, -0.05) is 6.92 Å². The number of nitrogens with one attached hydrogen (secondary N) is 2. The van der Waals surface area contributed by atoms with Crippen LogP contribution in [0.5, 0.6) is 0 Å². The fraction of sp³-hybridized carbons (Fsp3) is 0.316. The maximum absolute atomic E-state index is 11.1. The number of hydrogen-bond donors (Lipinski definition) is 2. The maximum Gasteiger partial charge on any atom is 0.243 e. The minimum Gasteiger partial charge on any atom is -0.371 e. The van der Waals surface area contributed by atoms with Crippen molar-refractivity contribution in [3.63, 3.8) is 0 Å². The summed E-state index contributed by atoms with van der Waals surface area (Å²) >= 11 is 0. The highest BCUT2D eigenvalue weighted by Crippen LogP contribution is 2.40. The first-order valence-electron chi connectivity index (χ1n) is 9.19. The predicted molar refractivity (Wildman–Crippen MR) is 105 cm³/mol. The molecule has 28 heavy (non-hydrogen) atoms. The number of anilines is 2. The number of rotatable bonds is 5. The van der Waals surface area contributed by atoms with Crippen LogP contribution in [0.2, 0.25) is 0 Å². The van der Waals surface area contributed by atoms with Gasteiger partial charge in [0.15, 0.2) is 11.5 Å². The third-order valence-electron chi connectivity index (χ3n) is 5.32. The average molecular weight is 376 g/mol. The zero-order valence-electron chi connectivity index (χ0n) is 15.6. The van der Waals surface area contributed by atoms with Crippen LogP contribution in [0.3, 0.4) is 0 Å². The molecule has 4 aromatic heterocycles. The number of nitrogens with zero attached hydrogens (tertiary/aromatic N) is 6. The predicted octanol–water partition coefficient (Wildman–Crippen LogP) is 2.26. The van der Waals surface area contributed by atoms with Gasteiger partial charge in [0.2, 0.25) is 5.95 Å². The van der Waals surface area contributed by atoms with E-state index in [0.717, 1.165) is 41.5 Å². The summed E-state index contributed by atoms with van der Waals surface area (Å²) in [5, 5.41) is 15.7. The van der Waals surface area contributed by atoms with Gasteiger partial charge in [-0.15, -0.1) is 5.10 Å². The molecule has 5 rings (SSSR count). The van der Waals surface area contributed by atoms with Crippen molar-refractivity contribution in [1.29, 1.82) is 0 Å². The SMILES string of the molecule is CNc1nc(NC2CC(C)(C=O)C2)nn2ccc(-c3ccc4nccn4n3)c12. The van der Waals surface area contributed by atoms with Gasteiger partial charge in [-0.3, -0.25) is 0 Å². The molecule has 2 N–H and O–H groups in total. The molecule has 0 unspecified atom stereocenters. The highest BCUT2D eigenvalue weighted by atomic mass is 16.1. The van der Waals surface area contributed by atoms with E-state index in [1.54, 1.807) is 15.2 Å². The maximum atomic E-state index is 11.1. The van der Waals surface area contributed by atoms with Crippen molar-refractivity contribution in [3.8, 4) is 11.3 Å². The minimum absolute atomic E-state index is 0.206. The molecule has 0 amide bonds. The van der Waals surface area contributed by atoms with Crippen molar-refractivity contribution in [2.75, 3.05) is 17.7 Å². The lowest BCUT2D eigenvalue weighted by molar-refractivity contribution is -0.119. The van der Waals surface area contributed by atoms with Crippen molar-refractivity contribution in [1.82, 2.24) is 29.2 Å². The fourth-order valence-electron chi connectivity index (χ4n) is 3.87. The molecule has 9 heteroatoms. The van der Waals surface area contributed by atoms with Gasteiger partial charge in [0.1, 0.15) is 11.8 Å². The molecular weight excluding hydrogens is 356 g/mol. The van der Waals surface area contributed by atoms with Crippen molar-refractivity contribution in [2.24, 2.45) is 5.41 Å². The van der Waals surface area contributed by atoms with Crippen LogP contribution < -0.4 is 10.6 Å². The van der Waals surface area contributed by atoms with Crippen LogP contribution >= 0.6 is 0 Å². The Bertz CT molecular complexity index is 1190. The first-order chi connectivity index (χ1) is 13.6. The van der Waals surface area contributed by atoms with Gasteiger partial charge in [-0.05, 0) is 31.0 Å². The molecule has 0 radical (unpaired) electrons. The average Bonchev–Trinajstić information content (AvgIpc) is 3.32. The van der Waals surface area contributed by atoms with Gasteiger partial charge in [-0.2, -0.15) is 10.1 Å². The molecule has 142 valence electrons. The summed E-state index contributed by atoms with van der Waals surface area (Å²) in [5.74, 6) is 1.25. The van der Waals surface area contributed by atoms with E-state index in [1.165, 1.54) is 0 Å². The molecule has 4 aromatic rings. The van der Waals surface area contributed by atoms with E-state index >= 15 is 0 Å². The smallest absolute Gasteiger partial charge is 0.243 e. The summed E-state index contributed by atoms with van der Waals surface area (Å²) in [6, 6.07) is 6.06. The number of aromatic nitrogens is 6. The van der Waals surface area contributed by atoms with Crippen molar-refractivity contribution in [3.05, 3.63) is 36.8 Å². The van der Waals surface area contributed by atoms with E-state index in [9.17, 15) is 4.79 Å². The molecule has 9 nitrogen and oxygen atoms in total. The molecule has 0 spiro atoms. The van der Waals surface area contributed by atoms with Gasteiger partial charge in [0.05, 0.1) is 5.69 Å². The standard InChI is InChI=1S/C19H20N8O/c1-19(11-28)9-12(10-19)22-18-23-17(20-2)16-13(5-7-27(16)25-18)14-3-4-15-21-6-8-26(15)24-14/h3-8,11-12H,9-10H2,1-2H3,(H2,20,22,23,25). The van der Waals surface area contributed by atoms with Crippen molar-refractivity contribution in [2.45, 2.75) is 25.8 Å². The van der Waals surface area contributed by atoms with Crippen LogP contribution in [-0.2, 0) is 4.79 Å². The lowest BCUT2D eigenvalue weighted by Crippen LogP contribution is -2.44. The van der Waals surface area contributed by atoms with E-state index in [4.69, 9.17) is 0 Å². The quantitative estimate of drug-likeness (QED) is 0.515. The van der Waals surface area contributed by atoms with Crippen LogP contribution in [0, 0.1) is 5.41 Å². The summed E-state index contributed by atoms with van der Waals surface area (Å²) in [4.78, 5) is 20.0. The van der Waals surface area contributed by atoms with E-state index in [2.05, 4.69) is 30.8 Å². The van der Waals surface area contributed by atoms with Crippen LogP contribution in [0.1, 0.15) is 19.8 Å². The van der Waals surface area contributed by atoms with Crippen LogP contribution in [0.15, 0.2) is 36.8 Å². The third-order valence-corrected chi connectivity index (χ3v) is 5.32. The molecule has 1 aliphatic carbocycles. The molecule has 1 fully saturated rings. The highest BCUT2D eigenvalue weighted by molar-refractivity contribution is 5.87. The molecule has 0 saturated heterocycles. The molecule has 0 bridgehead atoms. The normalized spacial score (nSPS) is 21.6. The molecule has 0 atom stereocenters. The summed E-state index contributed by atoms with van der Waals surface area (Å²) in [6.07, 6.45) is 8.06. The Kier molecular flexibility index (Phi) is 3.58. The summed E-state index contributed by atoms with van der Waals surface area (Å²) in [7, 11) is 1.84. The monoisotopic (exact) mass is 376 g/mol. The van der Waals surface area contributed by atoms with E-state index in [1.807, 2.05) is 44.6 Å². The number of hydrogen-bond acceptors (Lipinski definition) is 7. The van der Waals surface area contributed by atoms with Crippen LogP contribution in [0.4, 0.5) is 11.8 Å². The molecule has 0 aliphatic heterocycles. The summed E-state index contributed by atoms with van der Waals surface area (Å²) < 4.78 is 3.54. The Morgan fingerprint density at radius 1 is 1.18 bits per heavy atom. The molecule has 1 saturated carbocycles. The van der Waals surface area contributed by atoms with Gasteiger partial charge >= 0.3 is 0 Å². The van der Waals surface area contributed by atoms with Gasteiger partial charge in [0.25, 0.3) is 0 Å². The van der Waals surface area contributed by atoms with E-state index in [-0.39, 0.29) is 11.5 Å². The topological polar surface area (TPSA) is 102 Å². The van der Waals surface area contributed by atoms with Crippen LogP contribution in [0.25, 0.3) is 22.4 Å². The Balaban J connectivity index is 1.51. The lowest BCUT2D eigenvalue weighted by Gasteiger charge is -2.41. The summed E-state index contributed by atoms with van der Waals surface area (Å²) in [6.45, 7) is 1.98. The number of imidazole rings is 1. The Hall–Kier alpha value is -3.49. The van der Waals surface area contributed by atoms with Gasteiger partial charge in [-0.25, -0.2) is 14.0 Å². The molecule has 4 heterocycles. The van der Waals surface area contributed by atoms with Crippen molar-refractivity contribution >= 4 is 29.2 Å². The number of carbonyl (C=O) groups is 1. The van der Waals surface area contributed by atoms with E-state index < -0.39 is 0 Å². The zero-order valence-corrected chi connectivity index (χ0v) is 15.6. The first kappa shape index (κ1) is 16.7. The molecule has 0 aromatic carbocycles. The van der Waals surface area contributed by atoms with Crippen LogP contribution in [-0.4, -0.2) is 48.6 Å². The first-order valence-corrected chi connectivity index (χ1v) is 9.19. The second-order valence-corrected chi connectivity index (χ2v) is 7.53. The number of aldehydes is 1. The second-order valence-electron chi connectivity index (χ2n) is 7.53. The lowest BCUT2D eigenvalue weighted by atomic mass is 9.68. The summed E-state index contributed by atoms with van der Waals surface area (Å²) in [5.41, 5.74) is 3.17. The Labute approximate surface area is 160 Å². The number of carbonyl (C=O) groups excluding carboxylic acids is 1. The minimum atomic E-state index is -0.230. The highest BCUT2D eigenvalue weighted by Gasteiger charge is 2.40.